The molecule has 1 unspecified atom stereocenters. The largest absolute Gasteiger partial charge is 0.387 e. The molecule has 1 atom stereocenters. The average molecular weight is 251 g/mol. The van der Waals surface area contributed by atoms with Crippen molar-refractivity contribution >= 4 is 11.8 Å². The maximum Gasteiger partial charge on any atom is 0.239 e. The summed E-state index contributed by atoms with van der Waals surface area (Å²) in [6, 6.07) is 9.00. The van der Waals surface area contributed by atoms with Crippen molar-refractivity contribution in [2.75, 3.05) is 19.6 Å². The maximum absolute atomic E-state index is 11.3. The second-order valence-electron chi connectivity index (χ2n) is 3.71. The molecule has 0 radical (unpaired) electrons. The van der Waals surface area contributed by atoms with Gasteiger partial charge in [0.1, 0.15) is 0 Å². The molecule has 6 heteroatoms. The lowest BCUT2D eigenvalue weighted by molar-refractivity contribution is -0.125. The third kappa shape index (κ3) is 4.94. The Balaban J connectivity index is 2.28. The van der Waals surface area contributed by atoms with Gasteiger partial charge in [0, 0.05) is 6.54 Å². The van der Waals surface area contributed by atoms with Crippen LogP contribution < -0.4 is 16.4 Å². The maximum atomic E-state index is 11.3. The molecule has 0 aliphatic carbocycles. The smallest absolute Gasteiger partial charge is 0.239 e. The van der Waals surface area contributed by atoms with Crippen molar-refractivity contribution < 1.29 is 14.7 Å². The van der Waals surface area contributed by atoms with Gasteiger partial charge in [-0.2, -0.15) is 0 Å². The fourth-order valence-corrected chi connectivity index (χ4v) is 1.32. The summed E-state index contributed by atoms with van der Waals surface area (Å²) in [5.74, 6) is -0.763. The highest BCUT2D eigenvalue weighted by Gasteiger charge is 2.09. The molecule has 0 saturated carbocycles. The van der Waals surface area contributed by atoms with Crippen LogP contribution in [0.15, 0.2) is 30.3 Å². The summed E-state index contributed by atoms with van der Waals surface area (Å²) in [6.07, 6.45) is -0.764. The molecular weight excluding hydrogens is 234 g/mol. The van der Waals surface area contributed by atoms with E-state index in [2.05, 4.69) is 10.6 Å². The quantitative estimate of drug-likeness (QED) is 0.515. The van der Waals surface area contributed by atoms with Gasteiger partial charge in [-0.15, -0.1) is 0 Å². The zero-order chi connectivity index (χ0) is 13.4. The molecular formula is C12H17N3O3. The number of carbonyl (C=O) groups excluding carboxylic acids is 2. The molecule has 0 spiro atoms. The van der Waals surface area contributed by atoms with Crippen LogP contribution in [0.3, 0.4) is 0 Å². The first kappa shape index (κ1) is 14.1. The van der Waals surface area contributed by atoms with Crippen LogP contribution in [0.1, 0.15) is 11.7 Å². The van der Waals surface area contributed by atoms with Crippen molar-refractivity contribution in [3.63, 3.8) is 0 Å². The summed E-state index contributed by atoms with van der Waals surface area (Å²) in [4.78, 5) is 22.1. The van der Waals surface area contributed by atoms with Crippen LogP contribution in [0.2, 0.25) is 0 Å². The summed E-state index contributed by atoms with van der Waals surface area (Å²) >= 11 is 0. The summed E-state index contributed by atoms with van der Waals surface area (Å²) in [6.45, 7) is -0.196. The lowest BCUT2D eigenvalue weighted by atomic mass is 10.1. The van der Waals surface area contributed by atoms with Crippen LogP contribution in [-0.4, -0.2) is 36.6 Å². The molecule has 0 aromatic heterocycles. The summed E-state index contributed by atoms with van der Waals surface area (Å²) in [7, 11) is 0. The highest BCUT2D eigenvalue weighted by molar-refractivity contribution is 5.85. The summed E-state index contributed by atoms with van der Waals surface area (Å²) < 4.78 is 0. The number of amides is 2. The van der Waals surface area contributed by atoms with Gasteiger partial charge in [0.2, 0.25) is 11.8 Å². The van der Waals surface area contributed by atoms with Gasteiger partial charge >= 0.3 is 0 Å². The standard InChI is InChI=1S/C12H17N3O3/c13-6-11(17)15-8-12(18)14-7-10(16)9-4-2-1-3-5-9/h1-5,10,16H,6-8,13H2,(H,14,18)(H,15,17). The van der Waals surface area contributed by atoms with Crippen LogP contribution in [0.5, 0.6) is 0 Å². The van der Waals surface area contributed by atoms with Gasteiger partial charge in [-0.1, -0.05) is 30.3 Å². The minimum atomic E-state index is -0.764. The van der Waals surface area contributed by atoms with Gasteiger partial charge in [-0.25, -0.2) is 0 Å². The lowest BCUT2D eigenvalue weighted by Crippen LogP contribution is -2.40. The fraction of sp³-hybridized carbons (Fsp3) is 0.333. The highest BCUT2D eigenvalue weighted by Crippen LogP contribution is 2.10. The molecule has 98 valence electrons. The number of hydrogen-bond acceptors (Lipinski definition) is 4. The predicted octanol–water partition coefficient (Wildman–Crippen LogP) is -1.09. The van der Waals surface area contributed by atoms with Gasteiger partial charge in [0.15, 0.2) is 0 Å². The SMILES string of the molecule is NCC(=O)NCC(=O)NCC(O)c1ccccc1. The molecule has 1 rings (SSSR count). The number of nitrogens with two attached hydrogens (primary N) is 1. The molecule has 0 saturated heterocycles. The van der Waals surface area contributed by atoms with Crippen LogP contribution in [0.25, 0.3) is 0 Å². The Kier molecular flexibility index (Phi) is 5.83. The molecule has 0 aliphatic rings. The summed E-state index contributed by atoms with van der Waals surface area (Å²) in [5, 5.41) is 14.6. The van der Waals surface area contributed by atoms with Crippen molar-refractivity contribution in [3.05, 3.63) is 35.9 Å². The zero-order valence-electron chi connectivity index (χ0n) is 9.93. The second kappa shape index (κ2) is 7.41. The number of carbonyl (C=O) groups is 2. The number of aliphatic hydroxyl groups excluding tert-OH is 1. The van der Waals surface area contributed by atoms with Crippen molar-refractivity contribution in [2.45, 2.75) is 6.10 Å². The minimum absolute atomic E-state index is 0.0986. The number of rotatable bonds is 6. The van der Waals surface area contributed by atoms with Gasteiger partial charge < -0.3 is 21.5 Å². The third-order valence-electron chi connectivity index (χ3n) is 2.31. The molecule has 1 aromatic rings. The molecule has 5 N–H and O–H groups in total. The van der Waals surface area contributed by atoms with Crippen LogP contribution in [0, 0.1) is 0 Å². The van der Waals surface area contributed by atoms with E-state index in [1.807, 2.05) is 18.2 Å². The first-order valence-electron chi connectivity index (χ1n) is 5.60. The molecule has 1 aromatic carbocycles. The minimum Gasteiger partial charge on any atom is -0.387 e. The number of benzene rings is 1. The monoisotopic (exact) mass is 251 g/mol. The molecule has 0 bridgehead atoms. The highest BCUT2D eigenvalue weighted by atomic mass is 16.3. The van der Waals surface area contributed by atoms with Crippen LogP contribution in [-0.2, 0) is 9.59 Å². The lowest BCUT2D eigenvalue weighted by Gasteiger charge is -2.12. The van der Waals surface area contributed by atoms with Gasteiger partial charge in [-0.3, -0.25) is 9.59 Å². The fourth-order valence-electron chi connectivity index (χ4n) is 1.32. The topological polar surface area (TPSA) is 104 Å². The van der Waals surface area contributed by atoms with E-state index in [0.717, 1.165) is 5.56 Å². The number of nitrogens with one attached hydrogen (secondary N) is 2. The van der Waals surface area contributed by atoms with Crippen LogP contribution in [0.4, 0.5) is 0 Å². The van der Waals surface area contributed by atoms with E-state index in [0.29, 0.717) is 0 Å². The molecule has 6 nitrogen and oxygen atoms in total. The normalized spacial score (nSPS) is 11.7. The van der Waals surface area contributed by atoms with E-state index in [4.69, 9.17) is 5.73 Å². The van der Waals surface area contributed by atoms with Gasteiger partial charge in [0.05, 0.1) is 19.2 Å². The Bertz CT molecular complexity index is 395. The van der Waals surface area contributed by atoms with Gasteiger partial charge in [-0.05, 0) is 5.56 Å². The van der Waals surface area contributed by atoms with Crippen LogP contribution >= 0.6 is 0 Å². The third-order valence-corrected chi connectivity index (χ3v) is 2.31. The first-order valence-corrected chi connectivity index (χ1v) is 5.60. The van der Waals surface area contributed by atoms with Crippen molar-refractivity contribution in [1.82, 2.24) is 10.6 Å². The number of hydrogen-bond donors (Lipinski definition) is 4. The van der Waals surface area contributed by atoms with E-state index < -0.39 is 12.0 Å². The number of aliphatic hydroxyl groups is 1. The van der Waals surface area contributed by atoms with E-state index in [9.17, 15) is 14.7 Å². The first-order chi connectivity index (χ1) is 8.63. The molecule has 0 heterocycles. The van der Waals surface area contributed by atoms with E-state index in [-0.39, 0.29) is 25.5 Å². The Morgan fingerprint density at radius 2 is 1.83 bits per heavy atom. The molecule has 18 heavy (non-hydrogen) atoms. The predicted molar refractivity (Wildman–Crippen MR) is 66.5 cm³/mol. The molecule has 2 amide bonds. The van der Waals surface area contributed by atoms with Crippen molar-refractivity contribution in [3.8, 4) is 0 Å². The average Bonchev–Trinajstić information content (AvgIpc) is 2.42. The van der Waals surface area contributed by atoms with E-state index in [1.54, 1.807) is 12.1 Å². The second-order valence-corrected chi connectivity index (χ2v) is 3.71. The molecule has 0 aliphatic heterocycles. The van der Waals surface area contributed by atoms with Gasteiger partial charge in [0.25, 0.3) is 0 Å². The van der Waals surface area contributed by atoms with Crippen molar-refractivity contribution in [1.29, 1.82) is 0 Å². The van der Waals surface area contributed by atoms with E-state index in [1.165, 1.54) is 0 Å². The summed E-state index contributed by atoms with van der Waals surface area (Å²) in [5.41, 5.74) is 5.80. The Morgan fingerprint density at radius 1 is 1.17 bits per heavy atom. The Labute approximate surface area is 105 Å². The Hall–Kier alpha value is -1.92. The van der Waals surface area contributed by atoms with E-state index >= 15 is 0 Å². The Morgan fingerprint density at radius 3 is 2.44 bits per heavy atom. The zero-order valence-corrected chi connectivity index (χ0v) is 9.93. The molecule has 0 fully saturated rings. The van der Waals surface area contributed by atoms with Crippen molar-refractivity contribution in [2.24, 2.45) is 5.73 Å².